The van der Waals surface area contributed by atoms with E-state index in [0.29, 0.717) is 43.9 Å². The molecule has 4 fully saturated rings. The van der Waals surface area contributed by atoms with E-state index >= 15 is 0 Å². The first-order valence-electron chi connectivity index (χ1n) is 18.3. The second-order valence-electron chi connectivity index (χ2n) is 14.8. The molecule has 0 saturated carbocycles. The van der Waals surface area contributed by atoms with Gasteiger partial charge in [0.15, 0.2) is 11.3 Å². The number of nitrogens with one attached hydrogen (secondary N) is 3. The number of carbonyl (C=O) groups is 5. The lowest BCUT2D eigenvalue weighted by Crippen LogP contribution is -2.50. The van der Waals surface area contributed by atoms with Crippen LogP contribution in [0.25, 0.3) is 11.3 Å². The number of anilines is 2. The van der Waals surface area contributed by atoms with Crippen molar-refractivity contribution in [2.24, 2.45) is 0 Å². The van der Waals surface area contributed by atoms with Gasteiger partial charge in [-0.1, -0.05) is 14.9 Å². The molecule has 0 aliphatic carbocycles. The SMILES string of the molecule is C.C.CC(C)(C)OC(=O)N1CCN(c2ccn3c(=O)n(C4CCC(=O)NC4=O)nc3c2)CC1.O=C1CCC(n2nc3cc(N4CCNCC4)ccn3c2=O)C(=O)N1. The summed E-state index contributed by atoms with van der Waals surface area (Å²) in [6.45, 7) is 11.4. The molecule has 5 amide bonds. The van der Waals surface area contributed by atoms with Gasteiger partial charge in [-0.15, -0.1) is 10.2 Å². The minimum absolute atomic E-state index is 0. The molecule has 4 aliphatic heterocycles. The number of nitrogens with zero attached hydrogens (tertiary/aromatic N) is 9. The number of pyridine rings is 2. The highest BCUT2D eigenvalue weighted by atomic mass is 16.6. The van der Waals surface area contributed by atoms with Gasteiger partial charge in [-0.3, -0.25) is 38.6 Å². The maximum absolute atomic E-state index is 12.7. The maximum Gasteiger partial charge on any atom is 0.410 e. The van der Waals surface area contributed by atoms with Crippen LogP contribution in [0.15, 0.2) is 46.2 Å². The summed E-state index contributed by atoms with van der Waals surface area (Å²) >= 11 is 0. The molecule has 2 atom stereocenters. The predicted octanol–water partition coefficient (Wildman–Crippen LogP) is 0.686. The summed E-state index contributed by atoms with van der Waals surface area (Å²) in [5.74, 6) is -1.64. The van der Waals surface area contributed by atoms with Crippen LogP contribution in [0.3, 0.4) is 0 Å². The van der Waals surface area contributed by atoms with Gasteiger partial charge in [-0.2, -0.15) is 9.36 Å². The van der Waals surface area contributed by atoms with Crippen molar-refractivity contribution >= 4 is 52.4 Å². The van der Waals surface area contributed by atoms with Crippen molar-refractivity contribution in [3.05, 3.63) is 57.6 Å². The Morgan fingerprint density at radius 1 is 0.684 bits per heavy atom. The average molecular weight is 793 g/mol. The topological polar surface area (TPSA) is 219 Å². The van der Waals surface area contributed by atoms with Crippen molar-refractivity contribution in [2.75, 3.05) is 62.2 Å². The summed E-state index contributed by atoms with van der Waals surface area (Å²) in [5, 5.41) is 16.5. The number of ether oxygens (including phenoxy) is 1. The Hall–Kier alpha value is -6.05. The zero-order valence-electron chi connectivity index (χ0n) is 30.9. The number of fused-ring (bicyclic) bond motifs is 2. The molecule has 0 bridgehead atoms. The van der Waals surface area contributed by atoms with E-state index in [0.717, 1.165) is 42.2 Å². The lowest BCUT2D eigenvalue weighted by Gasteiger charge is -2.36. The third kappa shape index (κ3) is 9.00. The van der Waals surface area contributed by atoms with Crippen molar-refractivity contribution in [1.29, 1.82) is 0 Å². The van der Waals surface area contributed by atoms with E-state index in [4.69, 9.17) is 4.74 Å². The fourth-order valence-electron chi connectivity index (χ4n) is 6.99. The quantitative estimate of drug-likeness (QED) is 0.243. The molecule has 0 radical (unpaired) electrons. The van der Waals surface area contributed by atoms with Gasteiger partial charge in [0.1, 0.15) is 17.7 Å². The molecule has 8 heterocycles. The van der Waals surface area contributed by atoms with Crippen LogP contribution in [0.2, 0.25) is 0 Å². The molecule has 4 aromatic heterocycles. The first-order valence-corrected chi connectivity index (χ1v) is 18.3. The van der Waals surface area contributed by atoms with E-state index in [1.165, 1.54) is 13.5 Å². The monoisotopic (exact) mass is 792 g/mol. The zero-order chi connectivity index (χ0) is 39.0. The molecule has 3 N–H and O–H groups in total. The fourth-order valence-corrected chi connectivity index (χ4v) is 6.99. The molecule has 0 aromatic carbocycles. The van der Waals surface area contributed by atoms with Crippen LogP contribution in [-0.4, -0.2) is 121 Å². The molecule has 4 aliphatic rings. The first kappa shape index (κ1) is 42.1. The summed E-state index contributed by atoms with van der Waals surface area (Å²) in [4.78, 5) is 90.3. The second-order valence-corrected chi connectivity index (χ2v) is 14.8. The van der Waals surface area contributed by atoms with E-state index in [2.05, 4.69) is 35.9 Å². The highest BCUT2D eigenvalue weighted by Crippen LogP contribution is 2.22. The van der Waals surface area contributed by atoms with Crippen molar-refractivity contribution in [1.82, 2.24) is 49.2 Å². The molecule has 8 rings (SSSR count). The highest BCUT2D eigenvalue weighted by Gasteiger charge is 2.33. The number of piperidine rings is 2. The van der Waals surface area contributed by atoms with E-state index in [1.807, 2.05) is 39.0 Å². The van der Waals surface area contributed by atoms with Gasteiger partial charge in [-0.25, -0.2) is 14.4 Å². The van der Waals surface area contributed by atoms with Crippen molar-refractivity contribution in [2.45, 2.75) is 79.0 Å². The number of imide groups is 2. The Balaban J connectivity index is 0.000000216. The van der Waals surface area contributed by atoms with E-state index in [-0.39, 0.29) is 57.7 Å². The minimum atomic E-state index is -0.800. The van der Waals surface area contributed by atoms with Crippen molar-refractivity contribution in [3.63, 3.8) is 0 Å². The number of hydrogen-bond donors (Lipinski definition) is 3. The molecule has 4 saturated heterocycles. The number of aromatic nitrogens is 6. The minimum Gasteiger partial charge on any atom is -0.444 e. The highest BCUT2D eigenvalue weighted by molar-refractivity contribution is 6.00. The van der Waals surface area contributed by atoms with Crippen LogP contribution in [0.4, 0.5) is 16.2 Å². The summed E-state index contributed by atoms with van der Waals surface area (Å²) in [7, 11) is 0. The van der Waals surface area contributed by atoms with Gasteiger partial charge >= 0.3 is 17.5 Å². The molecule has 4 aromatic rings. The fraction of sp³-hybridized carbons (Fsp3) is 0.541. The van der Waals surface area contributed by atoms with Gasteiger partial charge in [-0.05, 0) is 45.7 Å². The van der Waals surface area contributed by atoms with Crippen LogP contribution in [0.5, 0.6) is 0 Å². The van der Waals surface area contributed by atoms with Crippen molar-refractivity contribution < 1.29 is 28.7 Å². The first-order chi connectivity index (χ1) is 26.3. The summed E-state index contributed by atoms with van der Waals surface area (Å²) in [6.07, 6.45) is 3.91. The molecular weight excluding hydrogens is 740 g/mol. The van der Waals surface area contributed by atoms with Crippen LogP contribution in [0.1, 0.15) is 73.4 Å². The van der Waals surface area contributed by atoms with Gasteiger partial charge in [0.05, 0.1) is 0 Å². The zero-order valence-corrected chi connectivity index (χ0v) is 30.9. The van der Waals surface area contributed by atoms with E-state index in [9.17, 15) is 33.6 Å². The third-order valence-electron chi connectivity index (χ3n) is 9.85. The number of amides is 5. The summed E-state index contributed by atoms with van der Waals surface area (Å²) < 4.78 is 10.6. The molecule has 20 nitrogen and oxygen atoms in total. The van der Waals surface area contributed by atoms with E-state index in [1.54, 1.807) is 23.4 Å². The van der Waals surface area contributed by atoms with Crippen LogP contribution in [-0.2, 0) is 23.9 Å². The molecular formula is C37H52N12O8. The Morgan fingerprint density at radius 2 is 1.12 bits per heavy atom. The van der Waals surface area contributed by atoms with Gasteiger partial charge in [0.2, 0.25) is 11.8 Å². The molecule has 2 unspecified atom stereocenters. The average Bonchev–Trinajstić information content (AvgIpc) is 3.66. The lowest BCUT2D eigenvalue weighted by molar-refractivity contribution is -0.137. The summed E-state index contributed by atoms with van der Waals surface area (Å²) in [5.41, 5.74) is 1.47. The summed E-state index contributed by atoms with van der Waals surface area (Å²) in [6, 6.07) is 5.80. The normalized spacial score (nSPS) is 20.2. The van der Waals surface area contributed by atoms with E-state index < -0.39 is 35.2 Å². The Kier molecular flexibility index (Phi) is 12.5. The molecule has 57 heavy (non-hydrogen) atoms. The second kappa shape index (κ2) is 17.0. The van der Waals surface area contributed by atoms with Gasteiger partial charge in [0, 0.05) is 101 Å². The predicted molar refractivity (Wildman–Crippen MR) is 210 cm³/mol. The number of carbonyl (C=O) groups excluding carboxylic acids is 5. The van der Waals surface area contributed by atoms with Crippen molar-refractivity contribution in [3.8, 4) is 0 Å². The molecule has 308 valence electrons. The third-order valence-corrected chi connectivity index (χ3v) is 9.85. The standard InChI is InChI=1S/C20H26N6O5.C15H18N6O3.2CH4/c1-20(2,3)31-19(30)24-10-8-23(9-11-24)13-6-7-25-15(12-13)22-26(18(25)29)14-4-5-16(27)21-17(14)28;22-13-2-1-11(14(23)17-13)21-15(24)20-6-3-10(9-12(20)18-21)19-7-4-16-5-8-19;;/h6-7,12,14H,4-5,8-11H2,1-3H3,(H,21,27,28);3,6,9,11,16H,1-2,4-5,7-8H2,(H,17,22,23);2*1H4. The smallest absolute Gasteiger partial charge is 0.410 e. The Labute approximate surface area is 328 Å². The number of hydrogen-bond acceptors (Lipinski definition) is 13. The van der Waals surface area contributed by atoms with Crippen LogP contribution < -0.4 is 37.1 Å². The van der Waals surface area contributed by atoms with Gasteiger partial charge < -0.3 is 24.8 Å². The molecule has 20 heteroatoms. The maximum atomic E-state index is 12.7. The number of piperazine rings is 2. The van der Waals surface area contributed by atoms with Crippen LogP contribution in [0, 0.1) is 0 Å². The Bertz CT molecular complexity index is 2270. The number of rotatable bonds is 4. The van der Waals surface area contributed by atoms with Gasteiger partial charge in [0.25, 0.3) is 11.8 Å². The van der Waals surface area contributed by atoms with Crippen LogP contribution >= 0.6 is 0 Å². The molecule has 0 spiro atoms. The lowest BCUT2D eigenvalue weighted by atomic mass is 10.1. The Morgan fingerprint density at radius 3 is 1.54 bits per heavy atom. The largest absolute Gasteiger partial charge is 0.444 e.